The molecule has 0 atom stereocenters. The summed E-state index contributed by atoms with van der Waals surface area (Å²) >= 11 is 2.50. The third-order valence-corrected chi connectivity index (χ3v) is 4.53. The highest BCUT2D eigenvalue weighted by molar-refractivity contribution is 8.00. The molecular formula is C14H13NO3S2. The lowest BCUT2D eigenvalue weighted by atomic mass is 10.2. The number of benzene rings is 1. The highest BCUT2D eigenvalue weighted by Gasteiger charge is 2.08. The number of carbonyl (C=O) groups is 2. The van der Waals surface area contributed by atoms with Gasteiger partial charge in [-0.1, -0.05) is 30.3 Å². The number of amides is 1. The second-order valence-corrected chi connectivity index (χ2v) is 5.96. The second kappa shape index (κ2) is 7.12. The molecule has 0 saturated carbocycles. The summed E-state index contributed by atoms with van der Waals surface area (Å²) in [5.74, 6) is -0.722. The third-order valence-electron chi connectivity index (χ3n) is 2.49. The molecule has 1 heterocycles. The normalized spacial score (nSPS) is 10.2. The Kier molecular flexibility index (Phi) is 5.20. The molecule has 6 heteroatoms. The maximum Gasteiger partial charge on any atom is 0.345 e. The molecule has 0 radical (unpaired) electrons. The van der Waals surface area contributed by atoms with E-state index in [1.54, 1.807) is 11.4 Å². The molecule has 0 aliphatic carbocycles. The van der Waals surface area contributed by atoms with E-state index in [1.807, 2.05) is 30.3 Å². The van der Waals surface area contributed by atoms with E-state index in [0.717, 1.165) is 10.5 Å². The minimum atomic E-state index is -0.935. The SMILES string of the molecule is O=C(CSc1csc(C(=O)O)c1)NCc1ccccc1. The van der Waals surface area contributed by atoms with Gasteiger partial charge in [-0.2, -0.15) is 0 Å². The largest absolute Gasteiger partial charge is 0.477 e. The van der Waals surface area contributed by atoms with Crippen molar-refractivity contribution in [3.05, 3.63) is 52.2 Å². The van der Waals surface area contributed by atoms with Crippen molar-refractivity contribution in [1.82, 2.24) is 5.32 Å². The lowest BCUT2D eigenvalue weighted by Gasteiger charge is -2.04. The summed E-state index contributed by atoms with van der Waals surface area (Å²) in [4.78, 5) is 23.5. The Morgan fingerprint density at radius 3 is 2.65 bits per heavy atom. The third kappa shape index (κ3) is 4.40. The summed E-state index contributed by atoms with van der Waals surface area (Å²) in [6.07, 6.45) is 0. The Hall–Kier alpha value is -1.79. The van der Waals surface area contributed by atoms with Gasteiger partial charge in [0, 0.05) is 16.8 Å². The summed E-state index contributed by atoms with van der Waals surface area (Å²) in [7, 11) is 0. The van der Waals surface area contributed by atoms with Crippen LogP contribution < -0.4 is 5.32 Å². The number of carbonyl (C=O) groups excluding carboxylic acids is 1. The molecule has 4 nitrogen and oxygen atoms in total. The molecular weight excluding hydrogens is 294 g/mol. The van der Waals surface area contributed by atoms with Gasteiger partial charge in [-0.3, -0.25) is 4.79 Å². The smallest absolute Gasteiger partial charge is 0.345 e. The zero-order valence-electron chi connectivity index (χ0n) is 10.5. The number of carboxylic acids is 1. The van der Waals surface area contributed by atoms with E-state index in [9.17, 15) is 9.59 Å². The number of nitrogens with one attached hydrogen (secondary N) is 1. The van der Waals surface area contributed by atoms with Crippen molar-refractivity contribution >= 4 is 35.0 Å². The number of thioether (sulfide) groups is 1. The molecule has 2 aromatic rings. The van der Waals surface area contributed by atoms with Crippen LogP contribution in [0.15, 0.2) is 46.7 Å². The predicted octanol–water partition coefficient (Wildman–Crippen LogP) is 2.85. The number of rotatable bonds is 6. The van der Waals surface area contributed by atoms with Crippen molar-refractivity contribution in [3.63, 3.8) is 0 Å². The number of hydrogen-bond acceptors (Lipinski definition) is 4. The first-order chi connectivity index (χ1) is 9.65. The Morgan fingerprint density at radius 1 is 1.25 bits per heavy atom. The van der Waals surface area contributed by atoms with Gasteiger partial charge in [-0.25, -0.2) is 4.79 Å². The van der Waals surface area contributed by atoms with Gasteiger partial charge in [0.1, 0.15) is 4.88 Å². The van der Waals surface area contributed by atoms with Gasteiger partial charge in [-0.05, 0) is 11.6 Å². The molecule has 0 unspecified atom stereocenters. The van der Waals surface area contributed by atoms with Crippen LogP contribution in [-0.2, 0) is 11.3 Å². The van der Waals surface area contributed by atoms with Crippen LogP contribution in [0.2, 0.25) is 0 Å². The van der Waals surface area contributed by atoms with E-state index >= 15 is 0 Å². The minimum absolute atomic E-state index is 0.0677. The van der Waals surface area contributed by atoms with E-state index in [4.69, 9.17) is 5.11 Å². The molecule has 104 valence electrons. The Labute approximate surface area is 124 Å². The second-order valence-electron chi connectivity index (χ2n) is 4.00. The van der Waals surface area contributed by atoms with E-state index in [1.165, 1.54) is 23.1 Å². The highest BCUT2D eigenvalue weighted by atomic mass is 32.2. The van der Waals surface area contributed by atoms with E-state index in [2.05, 4.69) is 5.32 Å². The molecule has 0 fully saturated rings. The van der Waals surface area contributed by atoms with Crippen LogP contribution in [0.25, 0.3) is 0 Å². The lowest BCUT2D eigenvalue weighted by molar-refractivity contribution is -0.118. The van der Waals surface area contributed by atoms with Crippen LogP contribution in [0, 0.1) is 0 Å². The maximum absolute atomic E-state index is 11.7. The molecule has 0 bridgehead atoms. The van der Waals surface area contributed by atoms with Crippen LogP contribution in [0.4, 0.5) is 0 Å². The van der Waals surface area contributed by atoms with Crippen molar-refractivity contribution < 1.29 is 14.7 Å². The first-order valence-corrected chi connectivity index (χ1v) is 7.77. The number of thiophene rings is 1. The van der Waals surface area contributed by atoms with Gasteiger partial charge in [0.15, 0.2) is 0 Å². The van der Waals surface area contributed by atoms with Gasteiger partial charge in [0.25, 0.3) is 0 Å². The van der Waals surface area contributed by atoms with Crippen molar-refractivity contribution in [1.29, 1.82) is 0 Å². The van der Waals surface area contributed by atoms with Crippen LogP contribution in [0.3, 0.4) is 0 Å². The van der Waals surface area contributed by atoms with Crippen molar-refractivity contribution in [2.75, 3.05) is 5.75 Å². The molecule has 2 rings (SSSR count). The quantitative estimate of drug-likeness (QED) is 0.805. The van der Waals surface area contributed by atoms with Gasteiger partial charge in [0.05, 0.1) is 5.75 Å². The molecule has 2 N–H and O–H groups in total. The van der Waals surface area contributed by atoms with E-state index in [0.29, 0.717) is 6.54 Å². The van der Waals surface area contributed by atoms with Crippen molar-refractivity contribution in [3.8, 4) is 0 Å². The van der Waals surface area contributed by atoms with Gasteiger partial charge < -0.3 is 10.4 Å². The topological polar surface area (TPSA) is 66.4 Å². The number of aromatic carboxylic acids is 1. The standard InChI is InChI=1S/C14H13NO3S2/c16-13(15-7-10-4-2-1-3-5-10)9-19-11-6-12(14(17)18)20-8-11/h1-6,8H,7,9H2,(H,15,16)(H,17,18). The van der Waals surface area contributed by atoms with E-state index in [-0.39, 0.29) is 16.5 Å². The van der Waals surface area contributed by atoms with Crippen molar-refractivity contribution in [2.24, 2.45) is 0 Å². The first kappa shape index (κ1) is 14.6. The Bertz CT molecular complexity index is 595. The van der Waals surface area contributed by atoms with Gasteiger partial charge >= 0.3 is 5.97 Å². The van der Waals surface area contributed by atoms with Crippen LogP contribution >= 0.6 is 23.1 Å². The molecule has 0 spiro atoms. The van der Waals surface area contributed by atoms with Crippen LogP contribution in [0.1, 0.15) is 15.2 Å². The fourth-order valence-corrected chi connectivity index (χ4v) is 3.20. The molecule has 1 aromatic carbocycles. The van der Waals surface area contributed by atoms with Crippen LogP contribution in [0.5, 0.6) is 0 Å². The Morgan fingerprint density at radius 2 is 2.00 bits per heavy atom. The maximum atomic E-state index is 11.7. The predicted molar refractivity (Wildman–Crippen MR) is 80.3 cm³/mol. The van der Waals surface area contributed by atoms with Gasteiger partial charge in [0.2, 0.25) is 5.91 Å². The molecule has 20 heavy (non-hydrogen) atoms. The highest BCUT2D eigenvalue weighted by Crippen LogP contribution is 2.24. The summed E-state index contributed by atoms with van der Waals surface area (Å²) < 4.78 is 0. The average molecular weight is 307 g/mol. The monoisotopic (exact) mass is 307 g/mol. The fourth-order valence-electron chi connectivity index (χ4n) is 1.50. The van der Waals surface area contributed by atoms with Gasteiger partial charge in [-0.15, -0.1) is 23.1 Å². The Balaban J connectivity index is 1.76. The van der Waals surface area contributed by atoms with Crippen molar-refractivity contribution in [2.45, 2.75) is 11.4 Å². The number of hydrogen-bond donors (Lipinski definition) is 2. The van der Waals surface area contributed by atoms with E-state index < -0.39 is 5.97 Å². The zero-order chi connectivity index (χ0) is 14.4. The minimum Gasteiger partial charge on any atom is -0.477 e. The zero-order valence-corrected chi connectivity index (χ0v) is 12.2. The first-order valence-electron chi connectivity index (χ1n) is 5.90. The number of carboxylic acid groups (broad SMARTS) is 1. The molecule has 1 amide bonds. The summed E-state index contributed by atoms with van der Waals surface area (Å²) in [6.45, 7) is 0.504. The lowest BCUT2D eigenvalue weighted by Crippen LogP contribution is -2.24. The molecule has 1 aromatic heterocycles. The van der Waals surface area contributed by atoms with Crippen LogP contribution in [-0.4, -0.2) is 22.7 Å². The average Bonchev–Trinajstić information content (AvgIpc) is 2.93. The molecule has 0 aliphatic heterocycles. The fraction of sp³-hybridized carbons (Fsp3) is 0.143. The molecule has 0 aliphatic rings. The summed E-state index contributed by atoms with van der Waals surface area (Å²) in [5.41, 5.74) is 1.05. The summed E-state index contributed by atoms with van der Waals surface area (Å²) in [5, 5.41) is 13.4. The summed E-state index contributed by atoms with van der Waals surface area (Å²) in [6, 6.07) is 11.3. The molecule has 0 saturated heterocycles.